The summed E-state index contributed by atoms with van der Waals surface area (Å²) < 4.78 is 20.3. The van der Waals surface area contributed by atoms with Gasteiger partial charge in [0.1, 0.15) is 0 Å². The molecule has 2 heterocycles. The Morgan fingerprint density at radius 3 is 2.81 bits per heavy atom. The van der Waals surface area contributed by atoms with E-state index in [1.54, 1.807) is 47.7 Å². The van der Waals surface area contributed by atoms with Gasteiger partial charge in [-0.3, -0.25) is 9.55 Å². The van der Waals surface area contributed by atoms with E-state index in [1.165, 1.54) is 13.2 Å². The first kappa shape index (κ1) is 13.1. The number of ether oxygens (including phenoxy) is 1. The molecule has 21 heavy (non-hydrogen) atoms. The van der Waals surface area contributed by atoms with Gasteiger partial charge in [-0.05, 0) is 18.2 Å². The Bertz CT molecular complexity index is 785. The molecular weight excluding hydrogens is 271 g/mol. The highest BCUT2D eigenvalue weighted by molar-refractivity contribution is 5.73. The number of halogens is 1. The molecule has 2 aromatic heterocycles. The van der Waals surface area contributed by atoms with Gasteiger partial charge in [0.05, 0.1) is 31.0 Å². The van der Waals surface area contributed by atoms with Crippen LogP contribution in [0.25, 0.3) is 16.9 Å². The van der Waals surface area contributed by atoms with Gasteiger partial charge in [0.15, 0.2) is 11.6 Å². The predicted octanol–water partition coefficient (Wildman–Crippen LogP) is 2.66. The van der Waals surface area contributed by atoms with Gasteiger partial charge in [0.25, 0.3) is 0 Å². The fourth-order valence-electron chi connectivity index (χ4n) is 2.12. The molecule has 3 rings (SSSR count). The van der Waals surface area contributed by atoms with Crippen LogP contribution in [0.5, 0.6) is 5.75 Å². The Morgan fingerprint density at radius 1 is 1.19 bits per heavy atom. The molecular formula is C15H13FN4O. The van der Waals surface area contributed by atoms with Crippen LogP contribution in [0.3, 0.4) is 0 Å². The van der Waals surface area contributed by atoms with Crippen LogP contribution in [0.1, 0.15) is 0 Å². The largest absolute Gasteiger partial charge is 0.494 e. The Balaban J connectivity index is 2.14. The van der Waals surface area contributed by atoms with Crippen molar-refractivity contribution in [2.75, 3.05) is 12.8 Å². The molecule has 0 bridgehead atoms. The fourth-order valence-corrected chi connectivity index (χ4v) is 2.12. The molecule has 3 aromatic rings. The first-order valence-corrected chi connectivity index (χ1v) is 6.27. The molecule has 0 aliphatic carbocycles. The van der Waals surface area contributed by atoms with Gasteiger partial charge in [-0.25, -0.2) is 9.37 Å². The molecule has 106 valence electrons. The number of anilines is 1. The van der Waals surface area contributed by atoms with Gasteiger partial charge in [-0.2, -0.15) is 0 Å². The SMILES string of the molecule is COc1cc(-n2cncc2-c2cnccc2N)ccc1F. The lowest BCUT2D eigenvalue weighted by atomic mass is 10.2. The van der Waals surface area contributed by atoms with E-state index in [4.69, 9.17) is 10.5 Å². The number of benzene rings is 1. The molecule has 0 aliphatic heterocycles. The van der Waals surface area contributed by atoms with E-state index in [1.807, 2.05) is 0 Å². The van der Waals surface area contributed by atoms with Crippen LogP contribution in [0.15, 0.2) is 49.2 Å². The van der Waals surface area contributed by atoms with Gasteiger partial charge in [-0.1, -0.05) is 0 Å². The standard InChI is InChI=1S/C15H13FN4O/c1-21-15-6-10(2-3-12(15)16)20-9-19-8-14(20)11-7-18-5-4-13(11)17/h2-9H,1H3,(H2,17,18). The molecule has 0 saturated carbocycles. The second kappa shape index (κ2) is 5.24. The Kier molecular flexibility index (Phi) is 3.27. The lowest BCUT2D eigenvalue weighted by molar-refractivity contribution is 0.386. The summed E-state index contributed by atoms with van der Waals surface area (Å²) in [5.74, 6) is -0.241. The minimum absolute atomic E-state index is 0.173. The maximum atomic E-state index is 13.5. The van der Waals surface area contributed by atoms with E-state index in [0.29, 0.717) is 5.69 Å². The summed E-state index contributed by atoms with van der Waals surface area (Å²) in [5, 5.41) is 0. The second-order valence-corrected chi connectivity index (χ2v) is 4.43. The van der Waals surface area contributed by atoms with E-state index in [-0.39, 0.29) is 5.75 Å². The van der Waals surface area contributed by atoms with Gasteiger partial charge in [0, 0.05) is 29.7 Å². The molecule has 0 fully saturated rings. The zero-order valence-electron chi connectivity index (χ0n) is 11.3. The number of hydrogen-bond donors (Lipinski definition) is 1. The highest BCUT2D eigenvalue weighted by Gasteiger charge is 2.12. The molecule has 0 spiro atoms. The number of nitrogens with zero attached hydrogens (tertiary/aromatic N) is 3. The Labute approximate surface area is 120 Å². The number of aromatic nitrogens is 3. The van der Waals surface area contributed by atoms with Gasteiger partial charge in [0.2, 0.25) is 0 Å². The molecule has 0 aliphatic rings. The molecule has 1 aromatic carbocycles. The molecule has 0 unspecified atom stereocenters. The number of methoxy groups -OCH3 is 1. The lowest BCUT2D eigenvalue weighted by Gasteiger charge is -2.11. The molecule has 5 nitrogen and oxygen atoms in total. The summed E-state index contributed by atoms with van der Waals surface area (Å²) in [4.78, 5) is 8.22. The molecule has 0 radical (unpaired) electrons. The predicted molar refractivity (Wildman–Crippen MR) is 77.7 cm³/mol. The maximum Gasteiger partial charge on any atom is 0.165 e. The van der Waals surface area contributed by atoms with Gasteiger partial charge in [-0.15, -0.1) is 0 Å². The van der Waals surface area contributed by atoms with E-state index >= 15 is 0 Å². The van der Waals surface area contributed by atoms with Crippen LogP contribution in [0, 0.1) is 5.82 Å². The highest BCUT2D eigenvalue weighted by Crippen LogP contribution is 2.28. The smallest absolute Gasteiger partial charge is 0.165 e. The Morgan fingerprint density at radius 2 is 2.05 bits per heavy atom. The summed E-state index contributed by atoms with van der Waals surface area (Å²) in [6, 6.07) is 6.32. The van der Waals surface area contributed by atoms with Crippen LogP contribution >= 0.6 is 0 Å². The first-order valence-electron chi connectivity index (χ1n) is 6.27. The van der Waals surface area contributed by atoms with Gasteiger partial charge < -0.3 is 10.5 Å². The fraction of sp³-hybridized carbons (Fsp3) is 0.0667. The monoisotopic (exact) mass is 284 g/mol. The highest BCUT2D eigenvalue weighted by atomic mass is 19.1. The normalized spacial score (nSPS) is 10.6. The van der Waals surface area contributed by atoms with Crippen molar-refractivity contribution in [3.63, 3.8) is 0 Å². The van der Waals surface area contributed by atoms with Crippen molar-refractivity contribution in [2.24, 2.45) is 0 Å². The van der Waals surface area contributed by atoms with Crippen molar-refractivity contribution in [1.29, 1.82) is 0 Å². The minimum atomic E-state index is -0.413. The van der Waals surface area contributed by atoms with Crippen molar-refractivity contribution in [1.82, 2.24) is 14.5 Å². The first-order chi connectivity index (χ1) is 10.2. The average molecular weight is 284 g/mol. The summed E-state index contributed by atoms with van der Waals surface area (Å²) in [6.07, 6.45) is 6.61. The van der Waals surface area contributed by atoms with Crippen LogP contribution in [-0.2, 0) is 0 Å². The van der Waals surface area contributed by atoms with E-state index < -0.39 is 5.82 Å². The third-order valence-corrected chi connectivity index (χ3v) is 3.18. The van der Waals surface area contributed by atoms with Crippen molar-refractivity contribution < 1.29 is 9.13 Å². The van der Waals surface area contributed by atoms with Crippen molar-refractivity contribution in [3.8, 4) is 22.7 Å². The number of nitrogen functional groups attached to an aromatic ring is 1. The lowest BCUT2D eigenvalue weighted by Crippen LogP contribution is -1.99. The van der Waals surface area contributed by atoms with Crippen LogP contribution < -0.4 is 10.5 Å². The number of pyridine rings is 1. The summed E-state index contributed by atoms with van der Waals surface area (Å²) in [6.45, 7) is 0. The second-order valence-electron chi connectivity index (χ2n) is 4.43. The number of imidazole rings is 1. The zero-order valence-corrected chi connectivity index (χ0v) is 11.3. The average Bonchev–Trinajstić information content (AvgIpc) is 2.97. The molecule has 2 N–H and O–H groups in total. The maximum absolute atomic E-state index is 13.5. The van der Waals surface area contributed by atoms with Crippen LogP contribution in [-0.4, -0.2) is 21.6 Å². The van der Waals surface area contributed by atoms with Crippen LogP contribution in [0.2, 0.25) is 0 Å². The topological polar surface area (TPSA) is 66.0 Å². The molecule has 6 heteroatoms. The van der Waals surface area contributed by atoms with Crippen molar-refractivity contribution in [2.45, 2.75) is 0 Å². The van der Waals surface area contributed by atoms with E-state index in [9.17, 15) is 4.39 Å². The number of rotatable bonds is 3. The number of hydrogen-bond acceptors (Lipinski definition) is 4. The van der Waals surface area contributed by atoms with E-state index in [2.05, 4.69) is 9.97 Å². The third kappa shape index (κ3) is 2.31. The van der Waals surface area contributed by atoms with Crippen LogP contribution in [0.4, 0.5) is 10.1 Å². The molecule has 0 atom stereocenters. The minimum Gasteiger partial charge on any atom is -0.494 e. The summed E-state index contributed by atoms with van der Waals surface area (Å²) in [5.41, 5.74) is 8.83. The third-order valence-electron chi connectivity index (χ3n) is 3.18. The summed E-state index contributed by atoms with van der Waals surface area (Å²) in [7, 11) is 1.43. The van der Waals surface area contributed by atoms with Crippen molar-refractivity contribution in [3.05, 3.63) is 55.0 Å². The quantitative estimate of drug-likeness (QED) is 0.803. The molecule has 0 amide bonds. The van der Waals surface area contributed by atoms with E-state index in [0.717, 1.165) is 16.9 Å². The van der Waals surface area contributed by atoms with Gasteiger partial charge >= 0.3 is 0 Å². The molecule has 0 saturated heterocycles. The zero-order chi connectivity index (χ0) is 14.8. The Hall–Kier alpha value is -2.89. The van der Waals surface area contributed by atoms with Crippen molar-refractivity contribution >= 4 is 5.69 Å². The summed E-state index contributed by atoms with van der Waals surface area (Å²) >= 11 is 0. The number of nitrogens with two attached hydrogens (primary N) is 1.